The molecule has 1 fully saturated rings. The molecule has 1 aromatic rings. The fourth-order valence-corrected chi connectivity index (χ4v) is 1.74. The molecule has 1 aliphatic rings. The van der Waals surface area contributed by atoms with E-state index in [1.165, 1.54) is 13.8 Å². The van der Waals surface area contributed by atoms with Crippen LogP contribution < -0.4 is 4.90 Å². The number of aromatic nitrogens is 2. The van der Waals surface area contributed by atoms with Crippen LogP contribution in [0.4, 0.5) is 19.1 Å². The number of ketones is 1. The standard InChI is InChI=1S/C11H12F3N3O/c1-6-3-9(11(12,13)14)16-10(15-6)17-4-8(5-17)7(2)18/h3,8H,4-5H2,1-2H3. The molecule has 0 amide bonds. The predicted octanol–water partition coefficient (Wildman–Crippen LogP) is 1.83. The van der Waals surface area contributed by atoms with Gasteiger partial charge in [-0.25, -0.2) is 9.97 Å². The lowest BCUT2D eigenvalue weighted by Gasteiger charge is -2.37. The topological polar surface area (TPSA) is 46.1 Å². The van der Waals surface area contributed by atoms with Crippen LogP contribution in [0.3, 0.4) is 0 Å². The zero-order valence-corrected chi connectivity index (χ0v) is 9.95. The zero-order valence-electron chi connectivity index (χ0n) is 9.95. The van der Waals surface area contributed by atoms with Gasteiger partial charge in [-0.05, 0) is 19.9 Å². The highest BCUT2D eigenvalue weighted by atomic mass is 19.4. The molecule has 0 atom stereocenters. The van der Waals surface area contributed by atoms with Crippen molar-refractivity contribution < 1.29 is 18.0 Å². The number of nitrogens with zero attached hydrogens (tertiary/aromatic N) is 3. The molecule has 98 valence electrons. The Balaban J connectivity index is 2.20. The van der Waals surface area contributed by atoms with Crippen LogP contribution in [0.25, 0.3) is 0 Å². The van der Waals surface area contributed by atoms with E-state index in [0.29, 0.717) is 13.1 Å². The molecule has 7 heteroatoms. The molecule has 0 bridgehead atoms. The third-order valence-electron chi connectivity index (χ3n) is 2.87. The van der Waals surface area contributed by atoms with E-state index in [2.05, 4.69) is 9.97 Å². The van der Waals surface area contributed by atoms with Crippen LogP contribution >= 0.6 is 0 Å². The molecule has 1 aromatic heterocycles. The Morgan fingerprint density at radius 2 is 2.00 bits per heavy atom. The Hall–Kier alpha value is -1.66. The van der Waals surface area contributed by atoms with Gasteiger partial charge in [0, 0.05) is 18.8 Å². The first-order valence-corrected chi connectivity index (χ1v) is 5.45. The SMILES string of the molecule is CC(=O)C1CN(c2nc(C)cc(C(F)(F)F)n2)C1. The molecule has 0 aliphatic carbocycles. The molecular weight excluding hydrogens is 247 g/mol. The van der Waals surface area contributed by atoms with Crippen molar-refractivity contribution in [2.45, 2.75) is 20.0 Å². The van der Waals surface area contributed by atoms with Gasteiger partial charge in [0.1, 0.15) is 11.5 Å². The molecule has 18 heavy (non-hydrogen) atoms. The highest BCUT2D eigenvalue weighted by Crippen LogP contribution is 2.30. The lowest BCUT2D eigenvalue weighted by molar-refractivity contribution is -0.141. The number of aryl methyl sites for hydroxylation is 1. The lowest BCUT2D eigenvalue weighted by Crippen LogP contribution is -2.50. The maximum atomic E-state index is 12.6. The van der Waals surface area contributed by atoms with E-state index < -0.39 is 11.9 Å². The van der Waals surface area contributed by atoms with Crippen LogP contribution in [0.2, 0.25) is 0 Å². The maximum absolute atomic E-state index is 12.6. The second-order valence-corrected chi connectivity index (χ2v) is 4.40. The van der Waals surface area contributed by atoms with Crippen molar-refractivity contribution in [3.05, 3.63) is 17.5 Å². The summed E-state index contributed by atoms with van der Waals surface area (Å²) in [7, 11) is 0. The highest BCUT2D eigenvalue weighted by molar-refractivity contribution is 5.81. The van der Waals surface area contributed by atoms with Crippen molar-refractivity contribution in [1.82, 2.24) is 9.97 Å². The molecule has 1 aliphatic heterocycles. The molecule has 4 nitrogen and oxygen atoms in total. The largest absolute Gasteiger partial charge is 0.433 e. The number of halogens is 3. The summed E-state index contributed by atoms with van der Waals surface area (Å²) in [5.74, 6) is -0.0433. The zero-order chi connectivity index (χ0) is 13.5. The Bertz CT molecular complexity index is 481. The number of alkyl halides is 3. The number of carbonyl (C=O) groups is 1. The molecule has 0 spiro atoms. The summed E-state index contributed by atoms with van der Waals surface area (Å²) in [5, 5.41) is 0. The average molecular weight is 259 g/mol. The Labute approximate surface area is 102 Å². The van der Waals surface area contributed by atoms with Gasteiger partial charge in [0.15, 0.2) is 0 Å². The normalized spacial score (nSPS) is 16.6. The van der Waals surface area contributed by atoms with Gasteiger partial charge in [0.2, 0.25) is 5.95 Å². The summed E-state index contributed by atoms with van der Waals surface area (Å²) in [5.41, 5.74) is -0.685. The van der Waals surface area contributed by atoms with Gasteiger partial charge < -0.3 is 4.90 Å². The monoisotopic (exact) mass is 259 g/mol. The highest BCUT2D eigenvalue weighted by Gasteiger charge is 2.36. The van der Waals surface area contributed by atoms with Crippen molar-refractivity contribution in [1.29, 1.82) is 0 Å². The number of rotatable bonds is 2. The first-order chi connectivity index (χ1) is 8.27. The molecule has 0 saturated carbocycles. The summed E-state index contributed by atoms with van der Waals surface area (Å²) in [6, 6.07) is 0.908. The number of carbonyl (C=O) groups excluding carboxylic acids is 1. The van der Waals surface area contributed by atoms with E-state index in [1.807, 2.05) is 0 Å². The Kier molecular flexibility index (Phi) is 3.00. The van der Waals surface area contributed by atoms with Crippen LogP contribution in [0.5, 0.6) is 0 Å². The second kappa shape index (κ2) is 4.22. The average Bonchev–Trinajstić information content (AvgIpc) is 2.11. The fourth-order valence-electron chi connectivity index (χ4n) is 1.74. The smallest absolute Gasteiger partial charge is 0.339 e. The van der Waals surface area contributed by atoms with E-state index in [9.17, 15) is 18.0 Å². The second-order valence-electron chi connectivity index (χ2n) is 4.40. The first-order valence-electron chi connectivity index (χ1n) is 5.45. The minimum Gasteiger partial charge on any atom is -0.339 e. The van der Waals surface area contributed by atoms with Crippen LogP contribution in [-0.2, 0) is 11.0 Å². The molecule has 0 aromatic carbocycles. The number of hydrogen-bond donors (Lipinski definition) is 0. The molecule has 0 unspecified atom stereocenters. The molecule has 0 N–H and O–H groups in total. The molecular formula is C11H12F3N3O. The summed E-state index contributed by atoms with van der Waals surface area (Å²) in [4.78, 5) is 20.1. The Morgan fingerprint density at radius 1 is 1.39 bits per heavy atom. The minimum atomic E-state index is -4.48. The van der Waals surface area contributed by atoms with Gasteiger partial charge in [-0.1, -0.05) is 0 Å². The van der Waals surface area contributed by atoms with E-state index in [1.54, 1.807) is 4.90 Å². The van der Waals surface area contributed by atoms with Gasteiger partial charge in [0.05, 0.1) is 5.92 Å². The van der Waals surface area contributed by atoms with Crippen molar-refractivity contribution in [3.63, 3.8) is 0 Å². The number of Topliss-reactive ketones (excluding diaryl/α,β-unsaturated/α-hetero) is 1. The first kappa shape index (κ1) is 12.8. The van der Waals surface area contributed by atoms with E-state index in [4.69, 9.17) is 0 Å². The van der Waals surface area contributed by atoms with Gasteiger partial charge in [-0.3, -0.25) is 4.79 Å². The van der Waals surface area contributed by atoms with E-state index in [-0.39, 0.29) is 23.3 Å². The lowest BCUT2D eigenvalue weighted by atomic mass is 9.97. The molecule has 2 heterocycles. The molecule has 2 rings (SSSR count). The van der Waals surface area contributed by atoms with Crippen LogP contribution in [0.15, 0.2) is 6.07 Å². The summed E-state index contributed by atoms with van der Waals surface area (Å²) < 4.78 is 37.7. The van der Waals surface area contributed by atoms with Gasteiger partial charge in [0.25, 0.3) is 0 Å². The number of anilines is 1. The third-order valence-corrected chi connectivity index (χ3v) is 2.87. The summed E-state index contributed by atoms with van der Waals surface area (Å²) in [6.07, 6.45) is -4.48. The summed E-state index contributed by atoms with van der Waals surface area (Å²) in [6.45, 7) is 3.73. The van der Waals surface area contributed by atoms with Gasteiger partial charge >= 0.3 is 6.18 Å². The number of hydrogen-bond acceptors (Lipinski definition) is 4. The van der Waals surface area contributed by atoms with Crippen molar-refractivity contribution in [2.75, 3.05) is 18.0 Å². The molecule has 0 radical (unpaired) electrons. The summed E-state index contributed by atoms with van der Waals surface area (Å²) >= 11 is 0. The maximum Gasteiger partial charge on any atom is 0.433 e. The van der Waals surface area contributed by atoms with E-state index in [0.717, 1.165) is 6.07 Å². The van der Waals surface area contributed by atoms with Gasteiger partial charge in [-0.15, -0.1) is 0 Å². The van der Waals surface area contributed by atoms with Crippen molar-refractivity contribution in [3.8, 4) is 0 Å². The van der Waals surface area contributed by atoms with Crippen LogP contribution in [-0.4, -0.2) is 28.8 Å². The van der Waals surface area contributed by atoms with Gasteiger partial charge in [-0.2, -0.15) is 13.2 Å². The fraction of sp³-hybridized carbons (Fsp3) is 0.545. The third kappa shape index (κ3) is 2.44. The van der Waals surface area contributed by atoms with E-state index >= 15 is 0 Å². The molecule has 1 saturated heterocycles. The predicted molar refractivity (Wildman–Crippen MR) is 58.2 cm³/mol. The minimum absolute atomic E-state index is 0.0370. The Morgan fingerprint density at radius 3 is 2.50 bits per heavy atom. The van der Waals surface area contributed by atoms with Crippen molar-refractivity contribution >= 4 is 11.7 Å². The van der Waals surface area contributed by atoms with Crippen LogP contribution in [0, 0.1) is 12.8 Å². The van der Waals surface area contributed by atoms with Crippen LogP contribution in [0.1, 0.15) is 18.3 Å². The quantitative estimate of drug-likeness (QED) is 0.813. The van der Waals surface area contributed by atoms with Crippen molar-refractivity contribution in [2.24, 2.45) is 5.92 Å².